The van der Waals surface area contributed by atoms with Crippen LogP contribution in [0.5, 0.6) is 0 Å². The molecule has 0 saturated carbocycles. The van der Waals surface area contributed by atoms with Crippen molar-refractivity contribution in [2.24, 2.45) is 0 Å². The van der Waals surface area contributed by atoms with Crippen molar-refractivity contribution < 1.29 is 14.6 Å². The van der Waals surface area contributed by atoms with Gasteiger partial charge in [-0.3, -0.25) is 0 Å². The third-order valence-corrected chi connectivity index (χ3v) is 3.72. The van der Waals surface area contributed by atoms with Crippen LogP contribution in [0.1, 0.15) is 6.93 Å². The monoisotopic (exact) mass is 228 g/mol. The van der Waals surface area contributed by atoms with Gasteiger partial charge in [0.2, 0.25) is 10.0 Å². The number of hydrogen-bond acceptors (Lipinski definition) is 3. The summed E-state index contributed by atoms with van der Waals surface area (Å²) in [4.78, 5) is 10.5. The molecule has 1 aromatic rings. The zero-order chi connectivity index (χ0) is 12.3. The molecule has 0 fully saturated rings. The van der Waals surface area contributed by atoms with E-state index < -0.39 is 16.5 Å². The highest BCUT2D eigenvalue weighted by Crippen LogP contribution is 2.14. The summed E-state index contributed by atoms with van der Waals surface area (Å²) in [5.74, 6) is 0. The van der Waals surface area contributed by atoms with Crippen LogP contribution >= 0.6 is 0 Å². The fourth-order valence-corrected chi connectivity index (χ4v) is 2.06. The van der Waals surface area contributed by atoms with E-state index in [9.17, 15) is 13.2 Å². The Morgan fingerprint density at radius 1 is 1.40 bits per heavy atom. The van der Waals surface area contributed by atoms with Crippen molar-refractivity contribution in [3.05, 3.63) is 29.8 Å². The first-order chi connectivity index (χ1) is 7.39. The van der Waals surface area contributed by atoms with Crippen molar-refractivity contribution >= 4 is 16.3 Å². The van der Waals surface area contributed by atoms with Crippen LogP contribution < -0.4 is 0 Å². The minimum atomic E-state index is -3.75. The van der Waals surface area contributed by atoms with Gasteiger partial charge in [0.15, 0.2) is 0 Å². The molecule has 0 N–H and O–H groups in total. The van der Waals surface area contributed by atoms with E-state index in [2.05, 4.69) is 0 Å². The van der Waals surface area contributed by atoms with Crippen LogP contribution in [0.25, 0.3) is 0 Å². The molecule has 0 heterocycles. The third-order valence-electron chi connectivity index (χ3n) is 1.97. The standard InChI is InChI=1S/C10H13NO3S/c1-9-3-5-10(6-4-9)15(13,14)11(2)7-8-12/h3-6,8H,7H2,1-2H3/i7D. The van der Waals surface area contributed by atoms with Crippen molar-refractivity contribution in [2.75, 3.05) is 13.6 Å². The maximum atomic E-state index is 11.9. The zero-order valence-electron chi connectivity index (χ0n) is 9.54. The molecular weight excluding hydrogens is 214 g/mol. The smallest absolute Gasteiger partial charge is 0.243 e. The quantitative estimate of drug-likeness (QED) is 0.717. The Bertz CT molecular complexity index is 469. The van der Waals surface area contributed by atoms with Crippen LogP contribution in [-0.4, -0.2) is 32.6 Å². The highest BCUT2D eigenvalue weighted by atomic mass is 32.2. The van der Waals surface area contributed by atoms with E-state index in [-0.39, 0.29) is 11.2 Å². The average Bonchev–Trinajstić information content (AvgIpc) is 2.27. The molecule has 1 aromatic carbocycles. The molecule has 0 aliphatic heterocycles. The molecule has 0 aliphatic carbocycles. The van der Waals surface area contributed by atoms with Crippen LogP contribution in [0.4, 0.5) is 0 Å². The molecule has 0 amide bonds. The van der Waals surface area contributed by atoms with Gasteiger partial charge in [0, 0.05) is 7.05 Å². The molecule has 4 nitrogen and oxygen atoms in total. The van der Waals surface area contributed by atoms with Gasteiger partial charge in [-0.1, -0.05) is 17.7 Å². The first-order valence-corrected chi connectivity index (χ1v) is 5.76. The van der Waals surface area contributed by atoms with Crippen LogP contribution in [0.3, 0.4) is 0 Å². The fraction of sp³-hybridized carbons (Fsp3) is 0.300. The van der Waals surface area contributed by atoms with Gasteiger partial charge in [0.05, 0.1) is 12.8 Å². The molecule has 0 aliphatic rings. The second kappa shape index (κ2) is 4.55. The second-order valence-electron chi connectivity index (χ2n) is 3.12. The third kappa shape index (κ3) is 2.64. The summed E-state index contributed by atoms with van der Waals surface area (Å²) in [6, 6.07) is 6.25. The highest BCUT2D eigenvalue weighted by Gasteiger charge is 2.19. The van der Waals surface area contributed by atoms with Crippen LogP contribution in [-0.2, 0) is 14.8 Å². The number of hydrogen-bond donors (Lipinski definition) is 0. The Hall–Kier alpha value is -1.20. The molecule has 15 heavy (non-hydrogen) atoms. The van der Waals surface area contributed by atoms with Gasteiger partial charge in [-0.05, 0) is 19.1 Å². The van der Waals surface area contributed by atoms with Gasteiger partial charge >= 0.3 is 0 Å². The lowest BCUT2D eigenvalue weighted by Gasteiger charge is -2.13. The number of likely N-dealkylation sites (N-methyl/N-ethyl adjacent to an activating group) is 1. The van der Waals surface area contributed by atoms with Crippen molar-refractivity contribution in [3.8, 4) is 0 Å². The number of carbonyl (C=O) groups is 1. The van der Waals surface area contributed by atoms with E-state index in [1.165, 1.54) is 19.2 Å². The minimum absolute atomic E-state index is 0.0831. The average molecular weight is 228 g/mol. The van der Waals surface area contributed by atoms with Crippen molar-refractivity contribution in [1.82, 2.24) is 4.31 Å². The maximum absolute atomic E-state index is 11.9. The van der Waals surface area contributed by atoms with Gasteiger partial charge in [0.1, 0.15) is 6.29 Å². The summed E-state index contributed by atoms with van der Waals surface area (Å²) in [7, 11) is -2.54. The lowest BCUT2D eigenvalue weighted by molar-refractivity contribution is -0.107. The number of rotatable bonds is 4. The molecule has 1 rings (SSSR count). The maximum Gasteiger partial charge on any atom is 0.243 e. The molecule has 0 saturated heterocycles. The van der Waals surface area contributed by atoms with Gasteiger partial charge in [-0.25, -0.2) is 8.42 Å². The van der Waals surface area contributed by atoms with Gasteiger partial charge in [0.25, 0.3) is 0 Å². The van der Waals surface area contributed by atoms with E-state index in [1.54, 1.807) is 12.1 Å². The fourth-order valence-electron chi connectivity index (χ4n) is 1.04. The topological polar surface area (TPSA) is 54.5 Å². The number of sulfonamides is 1. The number of benzene rings is 1. The van der Waals surface area contributed by atoms with Crippen LogP contribution in [0, 0.1) is 6.92 Å². The van der Waals surface area contributed by atoms with E-state index in [4.69, 9.17) is 1.37 Å². The summed E-state index contributed by atoms with van der Waals surface area (Å²) >= 11 is 0. The normalized spacial score (nSPS) is 14.7. The summed E-state index contributed by atoms with van der Waals surface area (Å²) in [6.07, 6.45) is 0.270. The molecular formula is C10H13NO3S. The highest BCUT2D eigenvalue weighted by molar-refractivity contribution is 7.89. The molecule has 82 valence electrons. The number of aldehydes is 1. The van der Waals surface area contributed by atoms with E-state index in [0.717, 1.165) is 9.87 Å². The Balaban J connectivity index is 3.11. The molecule has 5 heteroatoms. The Morgan fingerprint density at radius 3 is 2.40 bits per heavy atom. The van der Waals surface area contributed by atoms with Gasteiger partial charge in [-0.15, -0.1) is 0 Å². The summed E-state index contributed by atoms with van der Waals surface area (Å²) in [5, 5.41) is 0. The van der Waals surface area contributed by atoms with Crippen LogP contribution in [0.2, 0.25) is 0 Å². The lowest BCUT2D eigenvalue weighted by atomic mass is 10.2. The number of aryl methyl sites for hydroxylation is 1. The minimum Gasteiger partial charge on any atom is -0.302 e. The predicted molar refractivity (Wildman–Crippen MR) is 57.1 cm³/mol. The predicted octanol–water partition coefficient (Wildman–Crippen LogP) is 0.814. The summed E-state index contributed by atoms with van der Waals surface area (Å²) in [5.41, 5.74) is 0.944. The number of carbonyl (C=O) groups excluding carboxylic acids is 1. The molecule has 1 unspecified atom stereocenters. The Morgan fingerprint density at radius 2 is 1.93 bits per heavy atom. The van der Waals surface area contributed by atoms with Crippen molar-refractivity contribution in [2.45, 2.75) is 11.8 Å². The Kier molecular flexibility index (Phi) is 3.13. The van der Waals surface area contributed by atoms with Crippen molar-refractivity contribution in [3.63, 3.8) is 0 Å². The van der Waals surface area contributed by atoms with Gasteiger partial charge < -0.3 is 4.79 Å². The van der Waals surface area contributed by atoms with Crippen LogP contribution in [0.15, 0.2) is 29.2 Å². The van der Waals surface area contributed by atoms with E-state index in [0.29, 0.717) is 0 Å². The lowest BCUT2D eigenvalue weighted by Crippen LogP contribution is -2.28. The zero-order valence-corrected chi connectivity index (χ0v) is 9.36. The molecule has 1 atom stereocenters. The van der Waals surface area contributed by atoms with E-state index in [1.807, 2.05) is 6.92 Å². The van der Waals surface area contributed by atoms with Crippen molar-refractivity contribution in [1.29, 1.82) is 0 Å². The summed E-state index contributed by atoms with van der Waals surface area (Å²) in [6.45, 7) is 0.435. The molecule has 0 bridgehead atoms. The molecule has 0 spiro atoms. The number of nitrogens with zero attached hydrogens (tertiary/aromatic N) is 1. The second-order valence-corrected chi connectivity index (χ2v) is 5.12. The Labute approximate surface area is 91.0 Å². The molecule has 0 aromatic heterocycles. The molecule has 0 radical (unpaired) electrons. The van der Waals surface area contributed by atoms with Gasteiger partial charge in [-0.2, -0.15) is 4.31 Å². The largest absolute Gasteiger partial charge is 0.302 e. The SMILES string of the molecule is [2H]C(C=O)N(C)S(=O)(=O)c1ccc(C)cc1. The summed E-state index contributed by atoms with van der Waals surface area (Å²) < 4.78 is 31.8. The first-order valence-electron chi connectivity index (χ1n) is 4.89. The van der Waals surface area contributed by atoms with E-state index >= 15 is 0 Å². The first kappa shape index (κ1) is 10.3.